The van der Waals surface area contributed by atoms with Crippen LogP contribution in [0.25, 0.3) is 0 Å². The van der Waals surface area contributed by atoms with E-state index >= 15 is 0 Å². The third kappa shape index (κ3) is 5.63. The Morgan fingerprint density at radius 1 is 1.12 bits per heavy atom. The third-order valence-electron chi connectivity index (χ3n) is 4.12. The molecule has 3 rings (SSSR count). The molecule has 26 heavy (non-hydrogen) atoms. The molecule has 3 amide bonds. The molecule has 0 spiro atoms. The lowest BCUT2D eigenvalue weighted by molar-refractivity contribution is -0.124. The van der Waals surface area contributed by atoms with Gasteiger partial charge in [-0.15, -0.1) is 24.8 Å². The Labute approximate surface area is 164 Å². The van der Waals surface area contributed by atoms with Gasteiger partial charge in [0.05, 0.1) is 6.04 Å². The van der Waals surface area contributed by atoms with Crippen molar-refractivity contribution in [1.82, 2.24) is 15.5 Å². The van der Waals surface area contributed by atoms with Crippen LogP contribution >= 0.6 is 24.8 Å². The van der Waals surface area contributed by atoms with Crippen LogP contribution in [0.3, 0.4) is 0 Å². The standard InChI is InChI=1S/C16H22N4O4.2ClH/c1-11(20-6-4-17-5-7-20)15(21)19-16(22)18-12-2-3-13-14(10-12)24-9-8-23-13;;/h2-3,10-11,17H,4-9H2,1H3,(H2,18,19,21,22);2*1H. The highest BCUT2D eigenvalue weighted by atomic mass is 35.5. The minimum absolute atomic E-state index is 0. The number of hydrogen-bond donors (Lipinski definition) is 3. The first-order chi connectivity index (χ1) is 11.6. The number of ether oxygens (including phenoxy) is 2. The molecule has 1 atom stereocenters. The predicted octanol–water partition coefficient (Wildman–Crippen LogP) is 1.24. The van der Waals surface area contributed by atoms with Gasteiger partial charge in [0.1, 0.15) is 13.2 Å². The average Bonchev–Trinajstić information content (AvgIpc) is 2.61. The van der Waals surface area contributed by atoms with Crippen molar-refractivity contribution < 1.29 is 19.1 Å². The van der Waals surface area contributed by atoms with Crippen LogP contribution in [0.5, 0.6) is 11.5 Å². The molecule has 0 aliphatic carbocycles. The Hall–Kier alpha value is -1.74. The van der Waals surface area contributed by atoms with Crippen molar-refractivity contribution in [2.75, 3.05) is 44.7 Å². The lowest BCUT2D eigenvalue weighted by Gasteiger charge is -2.31. The number of imide groups is 1. The fourth-order valence-electron chi connectivity index (χ4n) is 2.74. The molecule has 1 unspecified atom stereocenters. The van der Waals surface area contributed by atoms with Crippen LogP contribution in [0, 0.1) is 0 Å². The van der Waals surface area contributed by atoms with Gasteiger partial charge in [-0.2, -0.15) is 0 Å². The number of nitrogens with one attached hydrogen (secondary N) is 3. The molecule has 1 aromatic rings. The summed E-state index contributed by atoms with van der Waals surface area (Å²) in [7, 11) is 0. The van der Waals surface area contributed by atoms with Gasteiger partial charge < -0.3 is 20.1 Å². The highest BCUT2D eigenvalue weighted by molar-refractivity contribution is 6.02. The molecular weight excluding hydrogens is 383 g/mol. The second kappa shape index (κ2) is 10.4. The maximum Gasteiger partial charge on any atom is 0.325 e. The molecular formula is C16H24Cl2N4O4. The van der Waals surface area contributed by atoms with Crippen LogP contribution in [0.15, 0.2) is 18.2 Å². The van der Waals surface area contributed by atoms with Crippen LogP contribution in [0.4, 0.5) is 10.5 Å². The molecule has 2 aliphatic rings. The Balaban J connectivity index is 0.00000169. The number of nitrogens with zero attached hydrogens (tertiary/aromatic N) is 1. The van der Waals surface area contributed by atoms with Crippen molar-refractivity contribution >= 4 is 42.4 Å². The molecule has 2 heterocycles. The van der Waals surface area contributed by atoms with Crippen molar-refractivity contribution in [2.24, 2.45) is 0 Å². The number of halogens is 2. The smallest absolute Gasteiger partial charge is 0.325 e. The van der Waals surface area contributed by atoms with Gasteiger partial charge in [0.25, 0.3) is 0 Å². The molecule has 1 fully saturated rings. The zero-order chi connectivity index (χ0) is 16.9. The van der Waals surface area contributed by atoms with E-state index in [2.05, 4.69) is 16.0 Å². The fourth-order valence-corrected chi connectivity index (χ4v) is 2.74. The van der Waals surface area contributed by atoms with E-state index in [1.807, 2.05) is 4.90 Å². The van der Waals surface area contributed by atoms with Gasteiger partial charge in [0, 0.05) is 37.9 Å². The Morgan fingerprint density at radius 2 is 1.77 bits per heavy atom. The molecule has 0 aromatic heterocycles. The number of hydrogen-bond acceptors (Lipinski definition) is 6. The fraction of sp³-hybridized carbons (Fsp3) is 0.500. The molecule has 1 aromatic carbocycles. The topological polar surface area (TPSA) is 91.9 Å². The average molecular weight is 407 g/mol. The summed E-state index contributed by atoms with van der Waals surface area (Å²) in [5.41, 5.74) is 0.541. The Bertz CT molecular complexity index is 626. The van der Waals surface area contributed by atoms with Gasteiger partial charge in [-0.3, -0.25) is 15.0 Å². The number of amides is 3. The van der Waals surface area contributed by atoms with Gasteiger partial charge in [-0.05, 0) is 19.1 Å². The maximum atomic E-state index is 12.2. The number of piperazine rings is 1. The zero-order valence-corrected chi connectivity index (χ0v) is 16.1. The molecule has 3 N–H and O–H groups in total. The predicted molar refractivity (Wildman–Crippen MR) is 103 cm³/mol. The van der Waals surface area contributed by atoms with E-state index in [0.717, 1.165) is 26.2 Å². The van der Waals surface area contributed by atoms with Crippen molar-refractivity contribution in [2.45, 2.75) is 13.0 Å². The van der Waals surface area contributed by atoms with E-state index in [1.165, 1.54) is 0 Å². The minimum atomic E-state index is -0.557. The number of anilines is 1. The number of benzene rings is 1. The summed E-state index contributed by atoms with van der Waals surface area (Å²) in [4.78, 5) is 26.3. The summed E-state index contributed by atoms with van der Waals surface area (Å²) in [6.07, 6.45) is 0. The molecule has 0 saturated carbocycles. The first-order valence-corrected chi connectivity index (χ1v) is 8.10. The summed E-state index contributed by atoms with van der Waals surface area (Å²) in [6.45, 7) is 6.07. The van der Waals surface area contributed by atoms with E-state index in [1.54, 1.807) is 25.1 Å². The number of fused-ring (bicyclic) bond motifs is 1. The van der Waals surface area contributed by atoms with E-state index in [9.17, 15) is 9.59 Å². The van der Waals surface area contributed by atoms with Crippen molar-refractivity contribution in [3.63, 3.8) is 0 Å². The molecule has 8 nitrogen and oxygen atoms in total. The summed E-state index contributed by atoms with van der Waals surface area (Å²) in [6, 6.07) is 4.21. The number of rotatable bonds is 3. The lowest BCUT2D eigenvalue weighted by Crippen LogP contribution is -2.53. The van der Waals surface area contributed by atoms with Crippen molar-refractivity contribution in [1.29, 1.82) is 0 Å². The summed E-state index contributed by atoms with van der Waals surface area (Å²) in [5.74, 6) is 0.919. The largest absolute Gasteiger partial charge is 0.486 e. The van der Waals surface area contributed by atoms with E-state index < -0.39 is 6.03 Å². The summed E-state index contributed by atoms with van der Waals surface area (Å²) < 4.78 is 10.9. The van der Waals surface area contributed by atoms with Gasteiger partial charge in [-0.1, -0.05) is 0 Å². The molecule has 0 radical (unpaired) electrons. The number of carbonyl (C=O) groups is 2. The monoisotopic (exact) mass is 406 g/mol. The highest BCUT2D eigenvalue weighted by Gasteiger charge is 2.24. The zero-order valence-electron chi connectivity index (χ0n) is 14.4. The molecule has 1 saturated heterocycles. The normalized spacial score (nSPS) is 17.1. The van der Waals surface area contributed by atoms with Crippen LogP contribution in [-0.2, 0) is 4.79 Å². The Kier molecular flexibility index (Phi) is 8.94. The quantitative estimate of drug-likeness (QED) is 0.699. The maximum absolute atomic E-state index is 12.2. The first-order valence-electron chi connectivity index (χ1n) is 8.10. The second-order valence-corrected chi connectivity index (χ2v) is 5.76. The minimum Gasteiger partial charge on any atom is -0.486 e. The van der Waals surface area contributed by atoms with Gasteiger partial charge in [0.15, 0.2) is 11.5 Å². The van der Waals surface area contributed by atoms with Crippen LogP contribution in [-0.4, -0.2) is 62.3 Å². The molecule has 2 aliphatic heterocycles. The van der Waals surface area contributed by atoms with Gasteiger partial charge in [0.2, 0.25) is 5.91 Å². The van der Waals surface area contributed by atoms with E-state index in [-0.39, 0.29) is 36.8 Å². The molecule has 0 bridgehead atoms. The van der Waals surface area contributed by atoms with Crippen LogP contribution in [0.2, 0.25) is 0 Å². The molecule has 146 valence electrons. The van der Waals surface area contributed by atoms with Gasteiger partial charge >= 0.3 is 6.03 Å². The lowest BCUT2D eigenvalue weighted by atomic mass is 10.2. The highest BCUT2D eigenvalue weighted by Crippen LogP contribution is 2.32. The van der Waals surface area contributed by atoms with E-state index in [0.29, 0.717) is 30.4 Å². The molecule has 10 heteroatoms. The SMILES string of the molecule is CC(C(=O)NC(=O)Nc1ccc2c(c1)OCCO2)N1CCNCC1.Cl.Cl. The first kappa shape index (κ1) is 22.3. The van der Waals surface area contributed by atoms with Crippen molar-refractivity contribution in [3.05, 3.63) is 18.2 Å². The van der Waals surface area contributed by atoms with Gasteiger partial charge in [-0.25, -0.2) is 4.79 Å². The number of carbonyl (C=O) groups excluding carboxylic acids is 2. The number of urea groups is 1. The summed E-state index contributed by atoms with van der Waals surface area (Å²) >= 11 is 0. The second-order valence-electron chi connectivity index (χ2n) is 5.76. The third-order valence-corrected chi connectivity index (χ3v) is 4.12. The van der Waals surface area contributed by atoms with Crippen LogP contribution < -0.4 is 25.4 Å². The summed E-state index contributed by atoms with van der Waals surface area (Å²) in [5, 5.41) is 8.26. The Morgan fingerprint density at radius 3 is 2.46 bits per heavy atom. The van der Waals surface area contributed by atoms with Crippen LogP contribution in [0.1, 0.15) is 6.92 Å². The van der Waals surface area contributed by atoms with E-state index in [4.69, 9.17) is 9.47 Å². The van der Waals surface area contributed by atoms with Crippen molar-refractivity contribution in [3.8, 4) is 11.5 Å².